The minimum atomic E-state index is -3.87. The van der Waals surface area contributed by atoms with Gasteiger partial charge in [-0.2, -0.15) is 4.31 Å². The topological polar surface area (TPSA) is 83.9 Å². The zero-order valence-electron chi connectivity index (χ0n) is 11.3. The molecule has 0 bridgehead atoms. The second-order valence-electron chi connectivity index (χ2n) is 4.75. The molecule has 1 fully saturated rings. The first-order valence-corrected chi connectivity index (χ1v) is 8.59. The van der Waals surface area contributed by atoms with Crippen LogP contribution < -0.4 is 4.74 Å². The highest BCUT2D eigenvalue weighted by Gasteiger charge is 2.42. The normalized spacial score (nSPS) is 24.5. The fraction of sp³-hybridized carbons (Fsp3) is 0.583. The highest BCUT2D eigenvalue weighted by molar-refractivity contribution is 7.89. The Labute approximate surface area is 122 Å². The summed E-state index contributed by atoms with van der Waals surface area (Å²) in [7, 11) is -2.46. The molecular formula is C12H17NO5S2. The van der Waals surface area contributed by atoms with Gasteiger partial charge in [-0.05, 0) is 37.6 Å². The summed E-state index contributed by atoms with van der Waals surface area (Å²) in [5.41, 5.74) is 0. The number of thiophene rings is 1. The van der Waals surface area contributed by atoms with Crippen molar-refractivity contribution in [3.63, 3.8) is 0 Å². The van der Waals surface area contributed by atoms with Gasteiger partial charge in [0.15, 0.2) is 5.06 Å². The lowest BCUT2D eigenvalue weighted by molar-refractivity contribution is -0.143. The number of sulfonamides is 1. The van der Waals surface area contributed by atoms with Crippen molar-refractivity contribution in [1.82, 2.24) is 4.31 Å². The molecule has 0 radical (unpaired) electrons. The third kappa shape index (κ3) is 2.55. The molecule has 1 saturated heterocycles. The third-order valence-electron chi connectivity index (χ3n) is 3.46. The zero-order chi connectivity index (χ0) is 14.9. The first-order chi connectivity index (χ1) is 9.39. The van der Waals surface area contributed by atoms with Crippen LogP contribution in [-0.2, 0) is 14.8 Å². The lowest BCUT2D eigenvalue weighted by atomic mass is 10.00. The van der Waals surface area contributed by atoms with E-state index in [2.05, 4.69) is 0 Å². The molecule has 0 saturated carbocycles. The van der Waals surface area contributed by atoms with Gasteiger partial charge in [0.05, 0.1) is 7.11 Å². The third-order valence-corrected chi connectivity index (χ3v) is 6.51. The number of piperidine rings is 1. The van der Waals surface area contributed by atoms with E-state index in [1.165, 1.54) is 24.5 Å². The number of carboxylic acids is 1. The molecule has 2 rings (SSSR count). The Balaban J connectivity index is 2.47. The predicted octanol–water partition coefficient (Wildman–Crippen LogP) is 1.77. The quantitative estimate of drug-likeness (QED) is 0.914. The number of hydrogen-bond donors (Lipinski definition) is 1. The van der Waals surface area contributed by atoms with Gasteiger partial charge in [-0.1, -0.05) is 0 Å². The average molecular weight is 319 g/mol. The maximum absolute atomic E-state index is 12.7. The second-order valence-corrected chi connectivity index (χ2v) is 7.44. The number of ether oxygens (including phenoxy) is 1. The van der Waals surface area contributed by atoms with Crippen LogP contribution in [0.25, 0.3) is 0 Å². The number of carboxylic acid groups (broad SMARTS) is 1. The van der Waals surface area contributed by atoms with E-state index in [0.29, 0.717) is 19.3 Å². The number of rotatable bonds is 4. The van der Waals surface area contributed by atoms with E-state index in [1.54, 1.807) is 12.3 Å². The minimum Gasteiger partial charge on any atom is -0.486 e. The van der Waals surface area contributed by atoms with E-state index in [9.17, 15) is 18.3 Å². The molecule has 112 valence electrons. The molecule has 0 unspecified atom stereocenters. The highest BCUT2D eigenvalue weighted by atomic mass is 32.2. The van der Waals surface area contributed by atoms with Crippen molar-refractivity contribution in [2.75, 3.05) is 7.11 Å². The fourth-order valence-corrected chi connectivity index (χ4v) is 5.57. The Hall–Kier alpha value is -1.12. The van der Waals surface area contributed by atoms with Crippen LogP contribution in [0.5, 0.6) is 5.06 Å². The maximum atomic E-state index is 12.7. The average Bonchev–Trinajstić information content (AvgIpc) is 2.87. The first kappa shape index (κ1) is 15.3. The molecule has 1 aliphatic rings. The Kier molecular flexibility index (Phi) is 4.36. The molecule has 20 heavy (non-hydrogen) atoms. The molecular weight excluding hydrogens is 302 g/mol. The molecule has 2 heterocycles. The van der Waals surface area contributed by atoms with Crippen molar-refractivity contribution in [3.8, 4) is 5.06 Å². The van der Waals surface area contributed by atoms with Crippen molar-refractivity contribution in [1.29, 1.82) is 0 Å². The van der Waals surface area contributed by atoms with Gasteiger partial charge in [0.25, 0.3) is 0 Å². The van der Waals surface area contributed by atoms with Gasteiger partial charge in [-0.25, -0.2) is 8.42 Å². The Morgan fingerprint density at radius 2 is 2.20 bits per heavy atom. The van der Waals surface area contributed by atoms with Crippen LogP contribution >= 0.6 is 11.3 Å². The van der Waals surface area contributed by atoms with Crippen molar-refractivity contribution in [2.24, 2.45) is 0 Å². The van der Waals surface area contributed by atoms with E-state index < -0.39 is 22.0 Å². The standard InChI is InChI=1S/C12H17NO5S2/c1-8-4-3-5-9(11(14)15)13(8)20(16,17)10-6-7-19-12(10)18-2/h6-9H,3-5H2,1-2H3,(H,14,15)/t8-,9-/m0/s1. The summed E-state index contributed by atoms with van der Waals surface area (Å²) in [5.74, 6) is -1.10. The molecule has 1 aromatic heterocycles. The van der Waals surface area contributed by atoms with Gasteiger partial charge >= 0.3 is 5.97 Å². The van der Waals surface area contributed by atoms with E-state index >= 15 is 0 Å². The molecule has 0 aliphatic carbocycles. The van der Waals surface area contributed by atoms with Gasteiger partial charge in [0, 0.05) is 6.04 Å². The summed E-state index contributed by atoms with van der Waals surface area (Å²) in [5, 5.41) is 11.2. The van der Waals surface area contributed by atoms with Crippen LogP contribution in [0.3, 0.4) is 0 Å². The SMILES string of the molecule is COc1sccc1S(=O)(=O)N1[C@@H](C)CCC[C@H]1C(=O)O. The van der Waals surface area contributed by atoms with Gasteiger partial charge in [-0.3, -0.25) is 4.79 Å². The van der Waals surface area contributed by atoms with Crippen LogP contribution in [0.4, 0.5) is 0 Å². The molecule has 2 atom stereocenters. The van der Waals surface area contributed by atoms with Gasteiger partial charge in [0.2, 0.25) is 10.0 Å². The number of nitrogens with zero attached hydrogens (tertiary/aromatic N) is 1. The van der Waals surface area contributed by atoms with Crippen LogP contribution in [0, 0.1) is 0 Å². The molecule has 0 spiro atoms. The summed E-state index contributed by atoms with van der Waals surface area (Å²) < 4.78 is 31.7. The van der Waals surface area contributed by atoms with Crippen molar-refractivity contribution < 1.29 is 23.1 Å². The van der Waals surface area contributed by atoms with Gasteiger partial charge in [-0.15, -0.1) is 11.3 Å². The lowest BCUT2D eigenvalue weighted by Crippen LogP contribution is -2.52. The zero-order valence-corrected chi connectivity index (χ0v) is 12.9. The maximum Gasteiger partial charge on any atom is 0.322 e. The van der Waals surface area contributed by atoms with Gasteiger partial charge < -0.3 is 9.84 Å². The van der Waals surface area contributed by atoms with Gasteiger partial charge in [0.1, 0.15) is 10.9 Å². The molecule has 0 aromatic carbocycles. The lowest BCUT2D eigenvalue weighted by Gasteiger charge is -2.36. The largest absolute Gasteiger partial charge is 0.486 e. The predicted molar refractivity (Wildman–Crippen MR) is 74.6 cm³/mol. The number of aliphatic carboxylic acids is 1. The van der Waals surface area contributed by atoms with Crippen LogP contribution in [-0.4, -0.2) is 43.0 Å². The second kappa shape index (κ2) is 5.71. The van der Waals surface area contributed by atoms with E-state index in [4.69, 9.17) is 4.74 Å². The Morgan fingerprint density at radius 1 is 1.50 bits per heavy atom. The monoisotopic (exact) mass is 319 g/mol. The Bertz CT molecular complexity index is 595. The highest BCUT2D eigenvalue weighted by Crippen LogP contribution is 2.36. The first-order valence-electron chi connectivity index (χ1n) is 6.27. The summed E-state index contributed by atoms with van der Waals surface area (Å²) in [6.07, 6.45) is 1.71. The Morgan fingerprint density at radius 3 is 2.80 bits per heavy atom. The van der Waals surface area contributed by atoms with Crippen molar-refractivity contribution in [2.45, 2.75) is 43.2 Å². The van der Waals surface area contributed by atoms with Crippen LogP contribution in [0.15, 0.2) is 16.3 Å². The smallest absolute Gasteiger partial charge is 0.322 e. The van der Waals surface area contributed by atoms with E-state index in [1.807, 2.05) is 0 Å². The van der Waals surface area contributed by atoms with Crippen molar-refractivity contribution >= 4 is 27.3 Å². The van der Waals surface area contributed by atoms with E-state index in [0.717, 1.165) is 4.31 Å². The van der Waals surface area contributed by atoms with Crippen molar-refractivity contribution in [3.05, 3.63) is 11.4 Å². The van der Waals surface area contributed by atoms with Crippen LogP contribution in [0.2, 0.25) is 0 Å². The molecule has 1 aliphatic heterocycles. The number of methoxy groups -OCH3 is 1. The van der Waals surface area contributed by atoms with Crippen LogP contribution in [0.1, 0.15) is 26.2 Å². The molecule has 1 aromatic rings. The summed E-state index contributed by atoms with van der Waals surface area (Å²) >= 11 is 1.18. The summed E-state index contributed by atoms with van der Waals surface area (Å²) in [6, 6.07) is 0.117. The molecule has 1 N–H and O–H groups in total. The minimum absolute atomic E-state index is 0.0463. The number of carbonyl (C=O) groups is 1. The molecule has 0 amide bonds. The fourth-order valence-electron chi connectivity index (χ4n) is 2.54. The van der Waals surface area contributed by atoms with E-state index in [-0.39, 0.29) is 16.0 Å². The molecule has 8 heteroatoms. The number of hydrogen-bond acceptors (Lipinski definition) is 5. The molecule has 6 nitrogen and oxygen atoms in total. The summed E-state index contributed by atoms with van der Waals surface area (Å²) in [6.45, 7) is 1.74. The summed E-state index contributed by atoms with van der Waals surface area (Å²) in [4.78, 5) is 11.4.